The molecule has 1 atom stereocenters. The van der Waals surface area contributed by atoms with Gasteiger partial charge >= 0.3 is 0 Å². The summed E-state index contributed by atoms with van der Waals surface area (Å²) in [6.45, 7) is 2.26. The first-order chi connectivity index (χ1) is 7.13. The second-order valence-corrected chi connectivity index (χ2v) is 4.72. The highest BCUT2D eigenvalue weighted by atomic mass is 35.5. The van der Waals surface area contributed by atoms with Crippen LogP contribution in [0, 0.1) is 0 Å². The van der Waals surface area contributed by atoms with Gasteiger partial charge in [-0.1, -0.05) is 11.6 Å². The SMILES string of the molecule is CCO/C(Cl)=C\S(=O)c1ccc(Cl)cc1. The van der Waals surface area contributed by atoms with Crippen LogP contribution in [0.2, 0.25) is 5.02 Å². The van der Waals surface area contributed by atoms with Crippen LogP contribution in [0.1, 0.15) is 6.92 Å². The summed E-state index contributed by atoms with van der Waals surface area (Å²) in [6.07, 6.45) is 0. The average Bonchev–Trinajstić information content (AvgIpc) is 2.18. The summed E-state index contributed by atoms with van der Waals surface area (Å²) >= 11 is 11.4. The Hall–Kier alpha value is -0.510. The lowest BCUT2D eigenvalue weighted by Crippen LogP contribution is -1.90. The molecule has 1 aromatic carbocycles. The number of ether oxygens (including phenoxy) is 1. The van der Waals surface area contributed by atoms with Crippen LogP contribution in [0.25, 0.3) is 0 Å². The quantitative estimate of drug-likeness (QED) is 0.778. The van der Waals surface area contributed by atoms with Gasteiger partial charge in [0.2, 0.25) is 0 Å². The van der Waals surface area contributed by atoms with Crippen molar-refractivity contribution in [3.63, 3.8) is 0 Å². The number of hydrogen-bond acceptors (Lipinski definition) is 2. The van der Waals surface area contributed by atoms with Gasteiger partial charge in [0.05, 0.1) is 22.8 Å². The zero-order valence-electron chi connectivity index (χ0n) is 8.07. The van der Waals surface area contributed by atoms with Gasteiger partial charge in [-0.05, 0) is 42.8 Å². The van der Waals surface area contributed by atoms with E-state index in [0.29, 0.717) is 16.5 Å². The molecule has 5 heteroatoms. The van der Waals surface area contributed by atoms with Gasteiger partial charge in [-0.2, -0.15) is 0 Å². The van der Waals surface area contributed by atoms with Gasteiger partial charge in [0.25, 0.3) is 0 Å². The molecule has 0 aliphatic heterocycles. The minimum Gasteiger partial charge on any atom is -0.483 e. The third kappa shape index (κ3) is 4.24. The van der Waals surface area contributed by atoms with Crippen LogP contribution in [-0.4, -0.2) is 10.8 Å². The zero-order chi connectivity index (χ0) is 11.3. The van der Waals surface area contributed by atoms with Gasteiger partial charge in [-0.25, -0.2) is 4.21 Å². The number of hydrogen-bond donors (Lipinski definition) is 0. The standard InChI is InChI=1S/C10H10Cl2O2S/c1-2-14-10(12)7-15(13)9-5-3-8(11)4-6-9/h3-7H,2H2,1H3/b10-7-. The van der Waals surface area contributed by atoms with E-state index in [-0.39, 0.29) is 5.22 Å². The van der Waals surface area contributed by atoms with Crippen molar-refractivity contribution in [3.8, 4) is 0 Å². The normalized spacial score (nSPS) is 13.7. The topological polar surface area (TPSA) is 26.3 Å². The Morgan fingerprint density at radius 3 is 2.60 bits per heavy atom. The van der Waals surface area contributed by atoms with Gasteiger partial charge < -0.3 is 4.74 Å². The fourth-order valence-corrected chi connectivity index (χ4v) is 2.15. The van der Waals surface area contributed by atoms with Crippen molar-refractivity contribution in [1.29, 1.82) is 0 Å². The second kappa shape index (κ2) is 6.16. The highest BCUT2D eigenvalue weighted by Crippen LogP contribution is 2.15. The fourth-order valence-electron chi connectivity index (χ4n) is 0.893. The number of benzene rings is 1. The average molecular weight is 265 g/mol. The first-order valence-corrected chi connectivity index (χ1v) is 6.26. The van der Waals surface area contributed by atoms with Gasteiger partial charge in [-0.15, -0.1) is 0 Å². The Kier molecular flexibility index (Phi) is 5.15. The van der Waals surface area contributed by atoms with Crippen LogP contribution >= 0.6 is 23.2 Å². The van der Waals surface area contributed by atoms with Gasteiger partial charge in [0.15, 0.2) is 5.22 Å². The highest BCUT2D eigenvalue weighted by molar-refractivity contribution is 7.88. The van der Waals surface area contributed by atoms with E-state index in [0.717, 1.165) is 0 Å². The molecule has 0 spiro atoms. The van der Waals surface area contributed by atoms with E-state index >= 15 is 0 Å². The smallest absolute Gasteiger partial charge is 0.196 e. The van der Waals surface area contributed by atoms with Crippen LogP contribution < -0.4 is 0 Å². The van der Waals surface area contributed by atoms with E-state index in [1.165, 1.54) is 5.41 Å². The largest absolute Gasteiger partial charge is 0.483 e. The lowest BCUT2D eigenvalue weighted by atomic mass is 10.4. The lowest BCUT2D eigenvalue weighted by Gasteiger charge is -2.00. The molecule has 0 radical (unpaired) electrons. The molecule has 0 heterocycles. The summed E-state index contributed by atoms with van der Waals surface area (Å²) in [5.74, 6) is 0. The maximum atomic E-state index is 11.7. The van der Waals surface area contributed by atoms with E-state index in [1.807, 2.05) is 0 Å². The summed E-state index contributed by atoms with van der Waals surface area (Å²) in [5.41, 5.74) is 0. The molecule has 82 valence electrons. The van der Waals surface area contributed by atoms with E-state index < -0.39 is 10.8 Å². The van der Waals surface area contributed by atoms with Crippen LogP contribution in [0.5, 0.6) is 0 Å². The van der Waals surface area contributed by atoms with Crippen molar-refractivity contribution in [3.05, 3.63) is 39.9 Å². The van der Waals surface area contributed by atoms with Gasteiger partial charge in [0.1, 0.15) is 0 Å². The maximum absolute atomic E-state index is 11.7. The van der Waals surface area contributed by atoms with E-state index in [9.17, 15) is 4.21 Å². The molecule has 1 unspecified atom stereocenters. The van der Waals surface area contributed by atoms with Crippen molar-refractivity contribution >= 4 is 34.0 Å². The maximum Gasteiger partial charge on any atom is 0.196 e. The van der Waals surface area contributed by atoms with Crippen LogP contribution in [0.15, 0.2) is 39.8 Å². The summed E-state index contributed by atoms with van der Waals surface area (Å²) < 4.78 is 16.6. The van der Waals surface area contributed by atoms with Crippen molar-refractivity contribution in [2.45, 2.75) is 11.8 Å². The molecule has 0 saturated carbocycles. The summed E-state index contributed by atoms with van der Waals surface area (Å²) in [7, 11) is -1.30. The Bertz CT molecular complexity index is 374. The third-order valence-electron chi connectivity index (χ3n) is 1.53. The molecular weight excluding hydrogens is 255 g/mol. The third-order valence-corrected chi connectivity index (χ3v) is 3.29. The highest BCUT2D eigenvalue weighted by Gasteiger charge is 2.02. The van der Waals surface area contributed by atoms with Crippen LogP contribution in [0.3, 0.4) is 0 Å². The Morgan fingerprint density at radius 1 is 1.47 bits per heavy atom. The van der Waals surface area contributed by atoms with Crippen molar-refractivity contribution in [2.75, 3.05) is 6.61 Å². The van der Waals surface area contributed by atoms with Crippen LogP contribution in [-0.2, 0) is 15.5 Å². The zero-order valence-corrected chi connectivity index (χ0v) is 10.4. The van der Waals surface area contributed by atoms with Crippen molar-refractivity contribution in [1.82, 2.24) is 0 Å². The van der Waals surface area contributed by atoms with Crippen LogP contribution in [0.4, 0.5) is 0 Å². The first-order valence-electron chi connectivity index (χ1n) is 4.29. The number of halogens is 2. The molecule has 0 aliphatic carbocycles. The molecule has 0 N–H and O–H groups in total. The fraction of sp³-hybridized carbons (Fsp3) is 0.200. The first kappa shape index (κ1) is 12.6. The minimum absolute atomic E-state index is 0.144. The monoisotopic (exact) mass is 264 g/mol. The van der Waals surface area contributed by atoms with Crippen molar-refractivity contribution < 1.29 is 8.95 Å². The molecule has 15 heavy (non-hydrogen) atoms. The van der Waals surface area contributed by atoms with Gasteiger partial charge in [0, 0.05) is 9.92 Å². The molecule has 0 bridgehead atoms. The Balaban J connectivity index is 2.77. The molecule has 1 aromatic rings. The molecule has 0 aliphatic rings. The van der Waals surface area contributed by atoms with Gasteiger partial charge in [-0.3, -0.25) is 0 Å². The summed E-state index contributed by atoms with van der Waals surface area (Å²) in [5, 5.41) is 2.11. The second-order valence-electron chi connectivity index (χ2n) is 2.61. The van der Waals surface area contributed by atoms with Crippen molar-refractivity contribution in [2.24, 2.45) is 0 Å². The van der Waals surface area contributed by atoms with E-state index in [4.69, 9.17) is 27.9 Å². The molecule has 1 rings (SSSR count). The molecule has 2 nitrogen and oxygen atoms in total. The van der Waals surface area contributed by atoms with E-state index in [2.05, 4.69) is 0 Å². The predicted molar refractivity (Wildman–Crippen MR) is 63.4 cm³/mol. The molecule has 0 fully saturated rings. The summed E-state index contributed by atoms with van der Waals surface area (Å²) in [6, 6.07) is 6.73. The molecule has 0 amide bonds. The Morgan fingerprint density at radius 2 is 2.07 bits per heavy atom. The molecular formula is C10H10Cl2O2S. The molecule has 0 saturated heterocycles. The minimum atomic E-state index is -1.30. The number of rotatable bonds is 4. The van der Waals surface area contributed by atoms with E-state index in [1.54, 1.807) is 31.2 Å². The lowest BCUT2D eigenvalue weighted by molar-refractivity contribution is 0.256. The Labute approximate surface area is 101 Å². The predicted octanol–water partition coefficient (Wildman–Crippen LogP) is 3.52. The summed E-state index contributed by atoms with van der Waals surface area (Å²) in [4.78, 5) is 0.636. The molecule has 0 aromatic heterocycles.